The molecular weight excluding hydrogens is 189 g/mol. The number of benzene rings is 1. The van der Waals surface area contributed by atoms with Crippen molar-refractivity contribution in [2.45, 2.75) is 32.2 Å². The lowest BCUT2D eigenvalue weighted by Crippen LogP contribution is -2.17. The summed E-state index contributed by atoms with van der Waals surface area (Å²) in [6.45, 7) is 1.82. The monoisotopic (exact) mass is 207 g/mol. The molecule has 0 radical (unpaired) electrons. The lowest BCUT2D eigenvalue weighted by Gasteiger charge is -2.16. The zero-order valence-electron chi connectivity index (χ0n) is 9.39. The molecule has 1 atom stereocenters. The lowest BCUT2D eigenvalue weighted by atomic mass is 9.99. The van der Waals surface area contributed by atoms with E-state index in [4.69, 9.17) is 0 Å². The molecule has 0 amide bonds. The van der Waals surface area contributed by atoms with E-state index < -0.39 is 0 Å². The maximum Gasteiger partial charge on any atom is 0.126 e. The molecule has 1 nitrogen and oxygen atoms in total. The summed E-state index contributed by atoms with van der Waals surface area (Å²) in [7, 11) is 1.98. The van der Waals surface area contributed by atoms with E-state index in [-0.39, 0.29) is 5.82 Å². The summed E-state index contributed by atoms with van der Waals surface area (Å²) in [6.07, 6.45) is 3.90. The maximum absolute atomic E-state index is 13.1. The summed E-state index contributed by atoms with van der Waals surface area (Å²) in [5.41, 5.74) is 1.95. The average Bonchev–Trinajstić information content (AvgIpc) is 3.02. The highest BCUT2D eigenvalue weighted by Crippen LogP contribution is 2.37. The lowest BCUT2D eigenvalue weighted by molar-refractivity contribution is 0.512. The second-order valence-corrected chi connectivity index (χ2v) is 4.53. The second-order valence-electron chi connectivity index (χ2n) is 4.53. The van der Waals surface area contributed by atoms with Gasteiger partial charge in [0.15, 0.2) is 0 Å². The Morgan fingerprint density at radius 2 is 2.20 bits per heavy atom. The van der Waals surface area contributed by atoms with E-state index in [1.165, 1.54) is 24.8 Å². The van der Waals surface area contributed by atoms with Gasteiger partial charge in [0.2, 0.25) is 0 Å². The van der Waals surface area contributed by atoms with Crippen molar-refractivity contribution in [1.29, 1.82) is 0 Å². The van der Waals surface area contributed by atoms with E-state index in [2.05, 4.69) is 5.32 Å². The summed E-state index contributed by atoms with van der Waals surface area (Å²) in [5.74, 6) is 0.771. The van der Waals surface area contributed by atoms with Crippen LogP contribution in [0, 0.1) is 18.7 Å². The SMILES string of the molecule is CNC(CC1CC1)c1ccc(F)c(C)c1. The first-order valence-corrected chi connectivity index (χ1v) is 5.64. The predicted octanol–water partition coefficient (Wildman–Crippen LogP) is 3.19. The molecule has 1 unspecified atom stereocenters. The van der Waals surface area contributed by atoms with Crippen LogP contribution >= 0.6 is 0 Å². The van der Waals surface area contributed by atoms with Crippen molar-refractivity contribution >= 4 is 0 Å². The minimum atomic E-state index is -0.111. The summed E-state index contributed by atoms with van der Waals surface area (Å²) in [5, 5.41) is 3.31. The minimum absolute atomic E-state index is 0.111. The molecule has 0 aromatic heterocycles. The van der Waals surface area contributed by atoms with Crippen LogP contribution < -0.4 is 5.32 Å². The van der Waals surface area contributed by atoms with Gasteiger partial charge in [-0.1, -0.05) is 25.0 Å². The van der Waals surface area contributed by atoms with Crippen molar-refractivity contribution in [2.24, 2.45) is 5.92 Å². The van der Waals surface area contributed by atoms with Gasteiger partial charge in [-0.3, -0.25) is 0 Å². The molecule has 2 rings (SSSR count). The third-order valence-corrected chi connectivity index (χ3v) is 3.20. The van der Waals surface area contributed by atoms with Gasteiger partial charge in [-0.15, -0.1) is 0 Å². The smallest absolute Gasteiger partial charge is 0.126 e. The number of rotatable bonds is 4. The van der Waals surface area contributed by atoms with Crippen LogP contribution in [0.3, 0.4) is 0 Å². The Hall–Kier alpha value is -0.890. The largest absolute Gasteiger partial charge is 0.313 e. The summed E-state index contributed by atoms with van der Waals surface area (Å²) < 4.78 is 13.1. The molecule has 82 valence electrons. The van der Waals surface area contributed by atoms with Crippen LogP contribution in [0.4, 0.5) is 4.39 Å². The molecule has 1 fully saturated rings. The highest BCUT2D eigenvalue weighted by Gasteiger charge is 2.25. The standard InChI is InChI=1S/C13H18FN/c1-9-7-11(5-6-12(9)14)13(15-2)8-10-3-4-10/h5-7,10,13,15H,3-4,8H2,1-2H3. The number of halogens is 1. The Morgan fingerprint density at radius 3 is 2.73 bits per heavy atom. The van der Waals surface area contributed by atoms with Gasteiger partial charge in [0.25, 0.3) is 0 Å². The van der Waals surface area contributed by atoms with Gasteiger partial charge in [0.05, 0.1) is 0 Å². The normalized spacial score (nSPS) is 17.8. The van der Waals surface area contributed by atoms with Crippen molar-refractivity contribution in [3.63, 3.8) is 0 Å². The van der Waals surface area contributed by atoms with Gasteiger partial charge < -0.3 is 5.32 Å². The van der Waals surface area contributed by atoms with E-state index in [9.17, 15) is 4.39 Å². The van der Waals surface area contributed by atoms with Gasteiger partial charge in [0, 0.05) is 6.04 Å². The predicted molar refractivity (Wildman–Crippen MR) is 60.3 cm³/mol. The molecule has 1 aliphatic rings. The molecule has 1 aromatic rings. The Labute approximate surface area is 90.7 Å². The third kappa shape index (κ3) is 2.57. The molecule has 15 heavy (non-hydrogen) atoms. The third-order valence-electron chi connectivity index (χ3n) is 3.20. The second kappa shape index (κ2) is 4.31. The van der Waals surface area contributed by atoms with Gasteiger partial charge >= 0.3 is 0 Å². The van der Waals surface area contributed by atoms with E-state index in [1.807, 2.05) is 26.1 Å². The molecule has 1 aromatic carbocycles. The van der Waals surface area contributed by atoms with Crippen LogP contribution in [0.15, 0.2) is 18.2 Å². The fourth-order valence-corrected chi connectivity index (χ4v) is 1.99. The molecule has 0 spiro atoms. The number of nitrogens with one attached hydrogen (secondary N) is 1. The van der Waals surface area contributed by atoms with Gasteiger partial charge in [-0.25, -0.2) is 4.39 Å². The van der Waals surface area contributed by atoms with Crippen LogP contribution in [0.1, 0.15) is 36.4 Å². The highest BCUT2D eigenvalue weighted by molar-refractivity contribution is 5.26. The van der Waals surface area contributed by atoms with E-state index in [0.29, 0.717) is 6.04 Å². The molecular formula is C13H18FN. The molecule has 1 aliphatic carbocycles. The Balaban J connectivity index is 2.13. The van der Waals surface area contributed by atoms with E-state index in [0.717, 1.165) is 11.5 Å². The Bertz CT molecular complexity index is 344. The number of aryl methyl sites for hydroxylation is 1. The maximum atomic E-state index is 13.1. The first-order chi connectivity index (χ1) is 7.20. The zero-order valence-corrected chi connectivity index (χ0v) is 9.39. The first-order valence-electron chi connectivity index (χ1n) is 5.64. The average molecular weight is 207 g/mol. The fraction of sp³-hybridized carbons (Fsp3) is 0.538. The Morgan fingerprint density at radius 1 is 1.47 bits per heavy atom. The Kier molecular flexibility index (Phi) is 3.06. The van der Waals surface area contributed by atoms with Gasteiger partial charge in [0.1, 0.15) is 5.82 Å². The number of hydrogen-bond donors (Lipinski definition) is 1. The molecule has 1 N–H and O–H groups in total. The molecule has 0 aliphatic heterocycles. The molecule has 1 saturated carbocycles. The van der Waals surface area contributed by atoms with Crippen LogP contribution in [0.5, 0.6) is 0 Å². The molecule has 0 heterocycles. The quantitative estimate of drug-likeness (QED) is 0.799. The number of hydrogen-bond acceptors (Lipinski definition) is 1. The van der Waals surface area contributed by atoms with Crippen LogP contribution in [0.2, 0.25) is 0 Å². The summed E-state index contributed by atoms with van der Waals surface area (Å²) in [4.78, 5) is 0. The van der Waals surface area contributed by atoms with Crippen molar-refractivity contribution in [3.05, 3.63) is 35.1 Å². The molecule has 2 heteroatoms. The zero-order chi connectivity index (χ0) is 10.8. The van der Waals surface area contributed by atoms with E-state index >= 15 is 0 Å². The molecule has 0 saturated heterocycles. The fourth-order valence-electron chi connectivity index (χ4n) is 1.99. The first kappa shape index (κ1) is 10.6. The van der Waals surface area contributed by atoms with Crippen molar-refractivity contribution in [2.75, 3.05) is 7.05 Å². The van der Waals surface area contributed by atoms with Gasteiger partial charge in [-0.2, -0.15) is 0 Å². The topological polar surface area (TPSA) is 12.0 Å². The minimum Gasteiger partial charge on any atom is -0.313 e. The van der Waals surface area contributed by atoms with Crippen molar-refractivity contribution in [1.82, 2.24) is 5.32 Å². The van der Waals surface area contributed by atoms with Crippen LogP contribution in [-0.4, -0.2) is 7.05 Å². The summed E-state index contributed by atoms with van der Waals surface area (Å²) in [6, 6.07) is 5.81. The van der Waals surface area contributed by atoms with E-state index in [1.54, 1.807) is 6.07 Å². The van der Waals surface area contributed by atoms with Crippen molar-refractivity contribution < 1.29 is 4.39 Å². The van der Waals surface area contributed by atoms with Crippen LogP contribution in [0.25, 0.3) is 0 Å². The highest BCUT2D eigenvalue weighted by atomic mass is 19.1. The van der Waals surface area contributed by atoms with Gasteiger partial charge in [-0.05, 0) is 43.5 Å². The summed E-state index contributed by atoms with van der Waals surface area (Å²) >= 11 is 0. The molecule has 0 bridgehead atoms. The van der Waals surface area contributed by atoms with Crippen molar-refractivity contribution in [3.8, 4) is 0 Å². The van der Waals surface area contributed by atoms with Crippen LogP contribution in [-0.2, 0) is 0 Å².